The fraction of sp³-hybridized carbons (Fsp3) is 0.632. The van der Waals surface area contributed by atoms with E-state index in [9.17, 15) is 9.90 Å². The molecule has 1 aromatic rings. The Kier molecular flexibility index (Phi) is 6.24. The number of nitrogens with one attached hydrogen (secondary N) is 2. The first-order valence-electron chi connectivity index (χ1n) is 9.19. The second kappa shape index (κ2) is 8.60. The van der Waals surface area contributed by atoms with Gasteiger partial charge in [-0.25, -0.2) is 0 Å². The lowest BCUT2D eigenvalue weighted by atomic mass is 9.96. The Morgan fingerprint density at radius 2 is 2.00 bits per heavy atom. The third-order valence-electron chi connectivity index (χ3n) is 5.26. The summed E-state index contributed by atoms with van der Waals surface area (Å²) in [6.07, 6.45) is 3.80. The quantitative estimate of drug-likeness (QED) is 0.735. The number of β-amino-alcohol motifs (C(OH)–C–C–N with tert-alkyl or cyclic N) is 1. The van der Waals surface area contributed by atoms with Crippen LogP contribution in [0, 0.1) is 5.92 Å². The molecule has 3 rings (SSSR count). The van der Waals surface area contributed by atoms with E-state index >= 15 is 0 Å². The van der Waals surface area contributed by atoms with Crippen molar-refractivity contribution in [3.05, 3.63) is 35.9 Å². The topological polar surface area (TPSA) is 64.6 Å². The predicted octanol–water partition coefficient (Wildman–Crippen LogP) is 1.30. The number of carbonyl (C=O) groups excluding carboxylic acids is 1. The number of piperidine rings is 1. The molecule has 0 aromatic heterocycles. The van der Waals surface area contributed by atoms with Gasteiger partial charge in [-0.1, -0.05) is 30.3 Å². The number of benzene rings is 1. The molecule has 1 unspecified atom stereocenters. The summed E-state index contributed by atoms with van der Waals surface area (Å²) >= 11 is 0. The monoisotopic (exact) mass is 331 g/mol. The maximum absolute atomic E-state index is 12.0. The summed E-state index contributed by atoms with van der Waals surface area (Å²) in [5, 5.41) is 16.7. The molecule has 24 heavy (non-hydrogen) atoms. The van der Waals surface area contributed by atoms with Crippen LogP contribution in [0.2, 0.25) is 0 Å². The number of aliphatic hydroxyl groups excluding tert-OH is 1. The zero-order valence-corrected chi connectivity index (χ0v) is 14.3. The highest BCUT2D eigenvalue weighted by atomic mass is 16.3. The molecule has 2 aliphatic rings. The van der Waals surface area contributed by atoms with Gasteiger partial charge in [0.05, 0.1) is 12.1 Å². The van der Waals surface area contributed by atoms with E-state index in [0.29, 0.717) is 12.5 Å². The van der Waals surface area contributed by atoms with Crippen LogP contribution < -0.4 is 10.6 Å². The first-order valence-corrected chi connectivity index (χ1v) is 9.19. The van der Waals surface area contributed by atoms with Gasteiger partial charge >= 0.3 is 0 Å². The minimum Gasteiger partial charge on any atom is -0.387 e. The molecule has 5 nitrogen and oxygen atoms in total. The molecular formula is C19H29N3O2. The van der Waals surface area contributed by atoms with Crippen LogP contribution in [0.15, 0.2) is 30.3 Å². The molecule has 2 aliphatic heterocycles. The minimum absolute atomic E-state index is 0.0195. The van der Waals surface area contributed by atoms with Crippen molar-refractivity contribution in [2.75, 3.05) is 32.7 Å². The number of hydrogen-bond donors (Lipinski definition) is 3. The minimum atomic E-state index is -0.420. The Hall–Kier alpha value is -1.43. The molecule has 0 saturated carbocycles. The molecule has 0 aliphatic carbocycles. The zero-order chi connectivity index (χ0) is 16.8. The number of hydrogen-bond acceptors (Lipinski definition) is 4. The highest BCUT2D eigenvalue weighted by Gasteiger charge is 2.25. The first-order chi connectivity index (χ1) is 11.7. The van der Waals surface area contributed by atoms with Crippen LogP contribution in [-0.2, 0) is 4.79 Å². The van der Waals surface area contributed by atoms with E-state index in [-0.39, 0.29) is 11.9 Å². The van der Waals surface area contributed by atoms with Crippen molar-refractivity contribution in [1.82, 2.24) is 15.5 Å². The summed E-state index contributed by atoms with van der Waals surface area (Å²) in [6.45, 7) is 4.42. The second-order valence-corrected chi connectivity index (χ2v) is 7.06. The van der Waals surface area contributed by atoms with E-state index in [0.717, 1.165) is 57.4 Å². The van der Waals surface area contributed by atoms with Gasteiger partial charge in [0.2, 0.25) is 5.91 Å². The average Bonchev–Trinajstić information content (AvgIpc) is 3.16. The Morgan fingerprint density at radius 1 is 1.25 bits per heavy atom. The van der Waals surface area contributed by atoms with Gasteiger partial charge in [0.15, 0.2) is 0 Å². The number of aliphatic hydroxyl groups is 1. The molecule has 1 aromatic carbocycles. The van der Waals surface area contributed by atoms with Gasteiger partial charge in [-0.2, -0.15) is 0 Å². The lowest BCUT2D eigenvalue weighted by Crippen LogP contribution is -2.44. The van der Waals surface area contributed by atoms with E-state index in [1.807, 2.05) is 30.3 Å². The fourth-order valence-electron chi connectivity index (χ4n) is 3.67. The first kappa shape index (κ1) is 17.4. The van der Waals surface area contributed by atoms with E-state index in [4.69, 9.17) is 0 Å². The summed E-state index contributed by atoms with van der Waals surface area (Å²) in [6, 6.07) is 9.87. The predicted molar refractivity (Wildman–Crippen MR) is 94.6 cm³/mol. The standard InChI is InChI=1S/C19H29N3O2/c23-18(16-5-2-1-3-6-16)14-22-11-8-15(9-12-22)13-21-19(24)17-7-4-10-20-17/h1-3,5-6,15,17-18,20,23H,4,7-14H2,(H,21,24)/t17-,18?/m0/s1. The smallest absolute Gasteiger partial charge is 0.237 e. The molecule has 0 radical (unpaired) electrons. The van der Waals surface area contributed by atoms with Crippen molar-refractivity contribution in [3.63, 3.8) is 0 Å². The van der Waals surface area contributed by atoms with Crippen LogP contribution in [0.4, 0.5) is 0 Å². The second-order valence-electron chi connectivity index (χ2n) is 7.06. The zero-order valence-electron chi connectivity index (χ0n) is 14.3. The lowest BCUT2D eigenvalue weighted by Gasteiger charge is -2.33. The molecule has 132 valence electrons. The average molecular weight is 331 g/mol. The van der Waals surface area contributed by atoms with Crippen LogP contribution in [-0.4, -0.2) is 54.7 Å². The van der Waals surface area contributed by atoms with Crippen LogP contribution >= 0.6 is 0 Å². The van der Waals surface area contributed by atoms with Crippen molar-refractivity contribution in [2.45, 2.75) is 37.8 Å². The normalized spacial score (nSPS) is 24.0. The Bertz CT molecular complexity index is 509. The van der Waals surface area contributed by atoms with Crippen molar-refractivity contribution in [1.29, 1.82) is 0 Å². The van der Waals surface area contributed by atoms with Gasteiger partial charge in [-0.3, -0.25) is 4.79 Å². The molecule has 2 fully saturated rings. The van der Waals surface area contributed by atoms with Gasteiger partial charge in [0.1, 0.15) is 0 Å². The summed E-state index contributed by atoms with van der Waals surface area (Å²) in [4.78, 5) is 14.4. The maximum atomic E-state index is 12.0. The Balaban J connectivity index is 1.35. The van der Waals surface area contributed by atoms with E-state index in [1.165, 1.54) is 0 Å². The van der Waals surface area contributed by atoms with Gasteiger partial charge < -0.3 is 20.6 Å². The number of rotatable bonds is 6. The number of nitrogens with zero attached hydrogens (tertiary/aromatic N) is 1. The summed E-state index contributed by atoms with van der Waals surface area (Å²) in [7, 11) is 0. The fourth-order valence-corrected chi connectivity index (χ4v) is 3.67. The summed E-state index contributed by atoms with van der Waals surface area (Å²) in [5.41, 5.74) is 0.982. The number of amides is 1. The lowest BCUT2D eigenvalue weighted by molar-refractivity contribution is -0.123. The van der Waals surface area contributed by atoms with E-state index < -0.39 is 6.10 Å². The molecule has 0 spiro atoms. The van der Waals surface area contributed by atoms with Gasteiger partial charge in [-0.15, -0.1) is 0 Å². The molecule has 3 N–H and O–H groups in total. The van der Waals surface area contributed by atoms with Crippen molar-refractivity contribution >= 4 is 5.91 Å². The van der Waals surface area contributed by atoms with E-state index in [1.54, 1.807) is 0 Å². The highest BCUT2D eigenvalue weighted by Crippen LogP contribution is 2.20. The van der Waals surface area contributed by atoms with Crippen molar-refractivity contribution in [2.24, 2.45) is 5.92 Å². The van der Waals surface area contributed by atoms with Crippen LogP contribution in [0.25, 0.3) is 0 Å². The largest absolute Gasteiger partial charge is 0.387 e. The summed E-state index contributed by atoms with van der Waals surface area (Å²) < 4.78 is 0. The molecule has 2 saturated heterocycles. The SMILES string of the molecule is O=C(NCC1CCN(CC(O)c2ccccc2)CC1)[C@@H]1CCCN1. The van der Waals surface area contributed by atoms with Gasteiger partial charge in [0.25, 0.3) is 0 Å². The van der Waals surface area contributed by atoms with Crippen LogP contribution in [0.3, 0.4) is 0 Å². The van der Waals surface area contributed by atoms with Crippen molar-refractivity contribution < 1.29 is 9.90 Å². The molecule has 2 heterocycles. The third-order valence-corrected chi connectivity index (χ3v) is 5.26. The van der Waals surface area contributed by atoms with Gasteiger partial charge in [0, 0.05) is 13.1 Å². The van der Waals surface area contributed by atoms with Crippen LogP contribution in [0.5, 0.6) is 0 Å². The third kappa shape index (κ3) is 4.79. The molecular weight excluding hydrogens is 302 g/mol. The molecule has 2 atom stereocenters. The Morgan fingerprint density at radius 3 is 2.67 bits per heavy atom. The number of carbonyl (C=O) groups is 1. The van der Waals surface area contributed by atoms with E-state index in [2.05, 4.69) is 15.5 Å². The van der Waals surface area contributed by atoms with Crippen molar-refractivity contribution in [3.8, 4) is 0 Å². The highest BCUT2D eigenvalue weighted by molar-refractivity contribution is 5.81. The Labute approximate surface area is 144 Å². The maximum Gasteiger partial charge on any atom is 0.237 e. The van der Waals surface area contributed by atoms with Crippen LogP contribution in [0.1, 0.15) is 37.4 Å². The number of likely N-dealkylation sites (tertiary alicyclic amines) is 1. The molecule has 1 amide bonds. The van der Waals surface area contributed by atoms with Gasteiger partial charge in [-0.05, 0) is 56.8 Å². The molecule has 0 bridgehead atoms. The molecule has 5 heteroatoms. The summed E-state index contributed by atoms with van der Waals surface area (Å²) in [5.74, 6) is 0.718.